The maximum absolute atomic E-state index is 13.1. The third kappa shape index (κ3) is 3.41. The van der Waals surface area contributed by atoms with E-state index in [2.05, 4.69) is 26.7 Å². The minimum Gasteiger partial charge on any atom is -0.474 e. The monoisotopic (exact) mass is 364 g/mol. The van der Waals surface area contributed by atoms with E-state index in [1.165, 1.54) is 0 Å². The van der Waals surface area contributed by atoms with Crippen LogP contribution in [0.1, 0.15) is 17.7 Å². The number of anilines is 1. The van der Waals surface area contributed by atoms with Gasteiger partial charge in [0.2, 0.25) is 11.8 Å². The van der Waals surface area contributed by atoms with Crippen molar-refractivity contribution in [3.05, 3.63) is 59.7 Å². The minimum atomic E-state index is -0.362. The summed E-state index contributed by atoms with van der Waals surface area (Å²) >= 11 is 0. The molecule has 0 spiro atoms. The Kier molecular flexibility index (Phi) is 4.84. The Bertz CT molecular complexity index is 923. The van der Waals surface area contributed by atoms with Crippen LogP contribution < -0.4 is 15.4 Å². The van der Waals surface area contributed by atoms with E-state index in [1.54, 1.807) is 24.5 Å². The topological polar surface area (TPSA) is 96.4 Å². The molecule has 1 amide bonds. The molecule has 7 nitrogen and oxygen atoms in total. The summed E-state index contributed by atoms with van der Waals surface area (Å²) in [5.74, 6) is -0.214. The Morgan fingerprint density at radius 1 is 1.30 bits per heavy atom. The van der Waals surface area contributed by atoms with Crippen molar-refractivity contribution in [1.82, 2.24) is 15.3 Å². The number of nitrogens with zero attached hydrogens (tertiary/aromatic N) is 2. The Labute approximate surface area is 156 Å². The van der Waals surface area contributed by atoms with E-state index in [1.807, 2.05) is 18.2 Å². The molecule has 1 aliphatic carbocycles. The Morgan fingerprint density at radius 3 is 3.04 bits per heavy atom. The second-order valence-electron chi connectivity index (χ2n) is 6.29. The molecule has 7 heteroatoms. The predicted octanol–water partition coefficient (Wildman–Crippen LogP) is 1.83. The number of carbonyl (C=O) groups is 1. The van der Waals surface area contributed by atoms with Gasteiger partial charge in [0.25, 0.3) is 0 Å². The van der Waals surface area contributed by atoms with E-state index < -0.39 is 0 Å². The molecule has 0 fully saturated rings. The number of hydrogen-bond acceptors (Lipinski definition) is 6. The van der Waals surface area contributed by atoms with Crippen LogP contribution in [0.3, 0.4) is 0 Å². The maximum Gasteiger partial charge on any atom is 0.237 e. The zero-order chi connectivity index (χ0) is 18.6. The zero-order valence-electron chi connectivity index (χ0n) is 14.7. The summed E-state index contributed by atoms with van der Waals surface area (Å²) in [6.45, 7) is 0.513. The van der Waals surface area contributed by atoms with Crippen molar-refractivity contribution < 1.29 is 14.6 Å². The number of allylic oxidation sites excluding steroid dienone is 1. The minimum absolute atomic E-state index is 0.114. The van der Waals surface area contributed by atoms with E-state index >= 15 is 0 Å². The van der Waals surface area contributed by atoms with Gasteiger partial charge in [-0.2, -0.15) is 0 Å². The van der Waals surface area contributed by atoms with Gasteiger partial charge in [-0.3, -0.25) is 9.78 Å². The van der Waals surface area contributed by atoms with Crippen molar-refractivity contribution in [3.63, 3.8) is 0 Å². The van der Waals surface area contributed by atoms with E-state index in [-0.39, 0.29) is 25.0 Å². The number of ether oxygens (including phenoxy) is 1. The van der Waals surface area contributed by atoms with Gasteiger partial charge in [0, 0.05) is 42.2 Å². The van der Waals surface area contributed by atoms with Crippen molar-refractivity contribution in [1.29, 1.82) is 0 Å². The number of aliphatic hydroxyl groups is 1. The lowest BCUT2D eigenvalue weighted by molar-refractivity contribution is -0.118. The first-order valence-corrected chi connectivity index (χ1v) is 8.86. The molecule has 0 saturated heterocycles. The van der Waals surface area contributed by atoms with Crippen molar-refractivity contribution in [2.75, 3.05) is 25.1 Å². The maximum atomic E-state index is 13.1. The molecule has 2 aliphatic rings. The second-order valence-corrected chi connectivity index (χ2v) is 6.29. The fourth-order valence-corrected chi connectivity index (χ4v) is 3.39. The average Bonchev–Trinajstić information content (AvgIpc) is 3.03. The number of pyridine rings is 2. The van der Waals surface area contributed by atoms with Crippen LogP contribution in [-0.4, -0.2) is 40.7 Å². The van der Waals surface area contributed by atoms with Gasteiger partial charge in [0.1, 0.15) is 12.3 Å². The number of aliphatic hydroxyl groups excluding tert-OH is 1. The number of hydrogen-bond donors (Lipinski definition) is 3. The lowest BCUT2D eigenvalue weighted by Crippen LogP contribution is -2.27. The number of aromatic nitrogens is 2. The van der Waals surface area contributed by atoms with Crippen LogP contribution in [0.25, 0.3) is 11.6 Å². The molecule has 0 bridgehead atoms. The van der Waals surface area contributed by atoms with Crippen molar-refractivity contribution in [2.24, 2.45) is 5.92 Å². The van der Waals surface area contributed by atoms with Crippen LogP contribution in [0.5, 0.6) is 5.88 Å². The standard InChI is InChI=1S/C20H20N4O3/c25-10-11-27-20-16(7-3-9-22-20)24-19(26)14-12-23-15-6-1-4-13-5-2-8-21-18(13)17(14)15/h1-5,7-9,14,23,25H,6,10-12H2,(H,24,26). The summed E-state index contributed by atoms with van der Waals surface area (Å²) in [6.07, 6.45) is 8.19. The highest BCUT2D eigenvalue weighted by Crippen LogP contribution is 2.36. The highest BCUT2D eigenvalue weighted by molar-refractivity contribution is 6.03. The van der Waals surface area contributed by atoms with E-state index in [4.69, 9.17) is 9.84 Å². The predicted molar refractivity (Wildman–Crippen MR) is 102 cm³/mol. The van der Waals surface area contributed by atoms with Crippen molar-refractivity contribution >= 4 is 23.2 Å². The second kappa shape index (κ2) is 7.59. The summed E-state index contributed by atoms with van der Waals surface area (Å²) < 4.78 is 5.41. The van der Waals surface area contributed by atoms with Gasteiger partial charge in [-0.1, -0.05) is 18.2 Å². The van der Waals surface area contributed by atoms with Crippen LogP contribution in [0, 0.1) is 5.92 Å². The molecular weight excluding hydrogens is 344 g/mol. The lowest BCUT2D eigenvalue weighted by Gasteiger charge is -2.16. The van der Waals surface area contributed by atoms with Crippen LogP contribution in [0.4, 0.5) is 5.69 Å². The van der Waals surface area contributed by atoms with Crippen LogP contribution >= 0.6 is 0 Å². The molecule has 2 aromatic rings. The Hall–Kier alpha value is -3.19. The van der Waals surface area contributed by atoms with Crippen LogP contribution in [0.2, 0.25) is 0 Å². The number of fused-ring (bicyclic) bond motifs is 2. The van der Waals surface area contributed by atoms with Gasteiger partial charge in [-0.15, -0.1) is 0 Å². The molecule has 0 saturated carbocycles. The zero-order valence-corrected chi connectivity index (χ0v) is 14.7. The van der Waals surface area contributed by atoms with Crippen molar-refractivity contribution in [3.8, 4) is 5.88 Å². The van der Waals surface area contributed by atoms with Gasteiger partial charge in [0.15, 0.2) is 0 Å². The molecule has 1 unspecified atom stereocenters. The van der Waals surface area contributed by atoms with E-state index in [0.29, 0.717) is 18.1 Å². The molecule has 3 heterocycles. The smallest absolute Gasteiger partial charge is 0.237 e. The molecule has 1 atom stereocenters. The first-order valence-electron chi connectivity index (χ1n) is 8.86. The first kappa shape index (κ1) is 17.2. The normalized spacial score (nSPS) is 17.6. The molecular formula is C20H20N4O3. The van der Waals surface area contributed by atoms with Gasteiger partial charge in [0.05, 0.1) is 18.2 Å². The first-order chi connectivity index (χ1) is 13.3. The Morgan fingerprint density at radius 2 is 2.15 bits per heavy atom. The summed E-state index contributed by atoms with van der Waals surface area (Å²) in [5, 5.41) is 15.2. The highest BCUT2D eigenvalue weighted by Gasteiger charge is 2.34. The summed E-state index contributed by atoms with van der Waals surface area (Å²) in [6, 6.07) is 7.36. The third-order valence-electron chi connectivity index (χ3n) is 4.58. The molecule has 1 aliphatic heterocycles. The number of carbonyl (C=O) groups excluding carboxylic acids is 1. The quantitative estimate of drug-likeness (QED) is 0.749. The molecule has 0 aromatic carbocycles. The third-order valence-corrected chi connectivity index (χ3v) is 4.58. The number of nitrogens with one attached hydrogen (secondary N) is 2. The summed E-state index contributed by atoms with van der Waals surface area (Å²) in [7, 11) is 0. The molecule has 2 aromatic heterocycles. The van der Waals surface area contributed by atoms with Gasteiger partial charge >= 0.3 is 0 Å². The van der Waals surface area contributed by atoms with E-state index in [0.717, 1.165) is 28.9 Å². The molecule has 3 N–H and O–H groups in total. The SMILES string of the molecule is O=C(Nc1cccnc1OCCO)C1CNC2=C1c1ncccc1C=CC2. The largest absolute Gasteiger partial charge is 0.474 e. The number of rotatable bonds is 5. The summed E-state index contributed by atoms with van der Waals surface area (Å²) in [5.41, 5.74) is 4.31. The Balaban J connectivity index is 1.61. The lowest BCUT2D eigenvalue weighted by atomic mass is 9.94. The van der Waals surface area contributed by atoms with Crippen molar-refractivity contribution in [2.45, 2.75) is 6.42 Å². The molecule has 4 rings (SSSR count). The van der Waals surface area contributed by atoms with Crippen LogP contribution in [-0.2, 0) is 4.79 Å². The van der Waals surface area contributed by atoms with Gasteiger partial charge < -0.3 is 20.5 Å². The average molecular weight is 364 g/mol. The fraction of sp³-hybridized carbons (Fsp3) is 0.250. The van der Waals surface area contributed by atoms with E-state index in [9.17, 15) is 4.79 Å². The fourth-order valence-electron chi connectivity index (χ4n) is 3.39. The summed E-state index contributed by atoms with van der Waals surface area (Å²) in [4.78, 5) is 21.7. The molecule has 27 heavy (non-hydrogen) atoms. The number of amides is 1. The molecule has 0 radical (unpaired) electrons. The molecule has 138 valence electrons. The van der Waals surface area contributed by atoms with Gasteiger partial charge in [-0.25, -0.2) is 4.98 Å². The van der Waals surface area contributed by atoms with Crippen LogP contribution in [0.15, 0.2) is 48.4 Å². The highest BCUT2D eigenvalue weighted by atomic mass is 16.5. The van der Waals surface area contributed by atoms with Gasteiger partial charge in [-0.05, 0) is 18.2 Å².